The zero-order valence-electron chi connectivity index (χ0n) is 11.0. The molecule has 3 saturated carbocycles. The molecule has 20 heavy (non-hydrogen) atoms. The number of alkyl halides is 3. The molecule has 1 aromatic heterocycles. The van der Waals surface area contributed by atoms with Crippen LogP contribution in [0.1, 0.15) is 26.2 Å². The molecule has 0 aliphatic heterocycles. The van der Waals surface area contributed by atoms with E-state index in [2.05, 4.69) is 9.84 Å². The van der Waals surface area contributed by atoms with Gasteiger partial charge >= 0.3 is 6.36 Å². The summed E-state index contributed by atoms with van der Waals surface area (Å²) in [6.07, 6.45) is 0.190. The van der Waals surface area contributed by atoms with E-state index in [0.717, 1.165) is 19.3 Å². The molecule has 5 nitrogen and oxygen atoms in total. The second-order valence-corrected chi connectivity index (χ2v) is 5.92. The van der Waals surface area contributed by atoms with Crippen molar-refractivity contribution in [3.8, 4) is 5.75 Å². The quantitative estimate of drug-likeness (QED) is 0.898. The molecule has 1 atom stereocenters. The lowest BCUT2D eigenvalue weighted by atomic mass is 9.45. The molecule has 0 amide bonds. The molecule has 2 N–H and O–H groups in total. The molecule has 0 radical (unpaired) electrons. The van der Waals surface area contributed by atoms with Gasteiger partial charge in [-0.25, -0.2) is 0 Å². The van der Waals surface area contributed by atoms with Crippen molar-refractivity contribution in [1.29, 1.82) is 0 Å². The zero-order chi connectivity index (χ0) is 14.6. The minimum Gasteiger partial charge on any atom is -0.488 e. The Bertz CT molecular complexity index is 495. The average Bonchev–Trinajstić information content (AvgIpc) is 2.66. The van der Waals surface area contributed by atoms with Crippen molar-refractivity contribution in [2.45, 2.75) is 49.7 Å². The zero-order valence-corrected chi connectivity index (χ0v) is 11.0. The molecule has 0 spiro atoms. The SMILES string of the molecule is C[C@@H](COc1cnn(C23CC(N)(C2)C3)c1)OC(F)(F)F. The Morgan fingerprint density at radius 3 is 2.65 bits per heavy atom. The van der Waals surface area contributed by atoms with Crippen LogP contribution >= 0.6 is 0 Å². The molecule has 2 bridgehead atoms. The molecular formula is C12H16F3N3O2. The van der Waals surface area contributed by atoms with Crippen molar-refractivity contribution in [3.05, 3.63) is 12.4 Å². The van der Waals surface area contributed by atoms with Crippen molar-refractivity contribution in [2.75, 3.05) is 6.61 Å². The molecule has 0 saturated heterocycles. The molecule has 8 heteroatoms. The number of halogens is 3. The lowest BCUT2D eigenvalue weighted by molar-refractivity contribution is -0.342. The van der Waals surface area contributed by atoms with Gasteiger partial charge < -0.3 is 10.5 Å². The third-order valence-corrected chi connectivity index (χ3v) is 3.91. The molecule has 0 aromatic carbocycles. The van der Waals surface area contributed by atoms with Crippen LogP contribution in [0, 0.1) is 0 Å². The number of nitrogens with zero attached hydrogens (tertiary/aromatic N) is 2. The van der Waals surface area contributed by atoms with Gasteiger partial charge in [-0.15, -0.1) is 13.2 Å². The third kappa shape index (κ3) is 2.37. The minimum atomic E-state index is -4.64. The van der Waals surface area contributed by atoms with Crippen molar-refractivity contribution < 1.29 is 22.6 Å². The van der Waals surface area contributed by atoms with Gasteiger partial charge in [0.1, 0.15) is 6.61 Å². The van der Waals surface area contributed by atoms with Crippen molar-refractivity contribution in [2.24, 2.45) is 5.73 Å². The van der Waals surface area contributed by atoms with Gasteiger partial charge in [0.25, 0.3) is 0 Å². The Labute approximate surface area is 113 Å². The number of ether oxygens (including phenoxy) is 2. The highest BCUT2D eigenvalue weighted by molar-refractivity contribution is 5.27. The topological polar surface area (TPSA) is 62.3 Å². The summed E-state index contributed by atoms with van der Waals surface area (Å²) in [5.41, 5.74) is 5.96. The van der Waals surface area contributed by atoms with Gasteiger partial charge in [-0.1, -0.05) is 0 Å². The predicted molar refractivity (Wildman–Crippen MR) is 63.1 cm³/mol. The molecule has 3 aliphatic carbocycles. The van der Waals surface area contributed by atoms with Crippen LogP contribution in [0.5, 0.6) is 5.75 Å². The van der Waals surface area contributed by atoms with E-state index in [1.165, 1.54) is 13.1 Å². The molecule has 3 fully saturated rings. The fourth-order valence-corrected chi connectivity index (χ4v) is 3.17. The van der Waals surface area contributed by atoms with Gasteiger partial charge in [0, 0.05) is 5.54 Å². The first-order chi connectivity index (χ1) is 9.20. The maximum Gasteiger partial charge on any atom is 0.522 e. The Hall–Kier alpha value is -1.28. The van der Waals surface area contributed by atoms with Crippen molar-refractivity contribution >= 4 is 0 Å². The maximum atomic E-state index is 12.0. The monoisotopic (exact) mass is 291 g/mol. The number of rotatable bonds is 5. The van der Waals surface area contributed by atoms with Gasteiger partial charge in [0.15, 0.2) is 5.75 Å². The molecule has 112 valence electrons. The summed E-state index contributed by atoms with van der Waals surface area (Å²) in [6.45, 7) is 1.12. The standard InChI is InChI=1S/C12H16F3N3O2/c1-8(20-12(13,14)15)4-19-9-2-17-18(3-9)11-5-10(16,6-11)7-11/h2-3,8H,4-7,16H2,1H3/t8-,10?,11?/m0/s1. The molecule has 4 rings (SSSR count). The largest absolute Gasteiger partial charge is 0.522 e. The predicted octanol–water partition coefficient (Wildman–Crippen LogP) is 1.78. The van der Waals surface area contributed by atoms with Crippen molar-refractivity contribution in [3.63, 3.8) is 0 Å². The normalized spacial score (nSPS) is 33.2. The smallest absolute Gasteiger partial charge is 0.488 e. The summed E-state index contributed by atoms with van der Waals surface area (Å²) < 4.78 is 46.8. The number of hydrogen-bond acceptors (Lipinski definition) is 4. The van der Waals surface area contributed by atoms with Gasteiger partial charge in [0.05, 0.1) is 24.0 Å². The van der Waals surface area contributed by atoms with Crippen LogP contribution in [-0.4, -0.2) is 34.4 Å². The Kier molecular flexibility index (Phi) is 2.81. The first-order valence-corrected chi connectivity index (χ1v) is 6.41. The fraction of sp³-hybridized carbons (Fsp3) is 0.750. The summed E-state index contributed by atoms with van der Waals surface area (Å²) in [6, 6.07) is 0. The van der Waals surface area contributed by atoms with Crippen LogP contribution < -0.4 is 10.5 Å². The van der Waals surface area contributed by atoms with Crippen LogP contribution in [0.2, 0.25) is 0 Å². The van der Waals surface area contributed by atoms with Gasteiger partial charge in [-0.3, -0.25) is 9.42 Å². The molecule has 0 unspecified atom stereocenters. The molecular weight excluding hydrogens is 275 g/mol. The van der Waals surface area contributed by atoms with Crippen LogP contribution in [0.4, 0.5) is 13.2 Å². The summed E-state index contributed by atoms with van der Waals surface area (Å²) in [5, 5.41) is 4.20. The van der Waals surface area contributed by atoms with Crippen LogP contribution in [-0.2, 0) is 10.3 Å². The van der Waals surface area contributed by atoms with E-state index in [-0.39, 0.29) is 17.7 Å². The molecule has 1 heterocycles. The minimum absolute atomic E-state index is 0.00441. The highest BCUT2D eigenvalue weighted by Gasteiger charge is 2.67. The first kappa shape index (κ1) is 13.7. The molecule has 1 aromatic rings. The Morgan fingerprint density at radius 1 is 1.45 bits per heavy atom. The second-order valence-electron chi connectivity index (χ2n) is 5.92. The highest BCUT2D eigenvalue weighted by Crippen LogP contribution is 2.63. The fourth-order valence-electron chi connectivity index (χ4n) is 3.17. The van der Waals surface area contributed by atoms with Crippen molar-refractivity contribution in [1.82, 2.24) is 9.78 Å². The van der Waals surface area contributed by atoms with E-state index in [4.69, 9.17) is 10.5 Å². The second kappa shape index (κ2) is 4.11. The van der Waals surface area contributed by atoms with E-state index in [0.29, 0.717) is 5.75 Å². The van der Waals surface area contributed by atoms with Gasteiger partial charge in [0.2, 0.25) is 0 Å². The van der Waals surface area contributed by atoms with Crippen LogP contribution in [0.15, 0.2) is 12.4 Å². The number of aromatic nitrogens is 2. The average molecular weight is 291 g/mol. The van der Waals surface area contributed by atoms with E-state index >= 15 is 0 Å². The van der Waals surface area contributed by atoms with Gasteiger partial charge in [-0.2, -0.15) is 5.10 Å². The Morgan fingerprint density at radius 2 is 2.10 bits per heavy atom. The van der Waals surface area contributed by atoms with E-state index in [9.17, 15) is 13.2 Å². The van der Waals surface area contributed by atoms with E-state index < -0.39 is 12.5 Å². The number of nitrogens with two attached hydrogens (primary N) is 1. The van der Waals surface area contributed by atoms with Gasteiger partial charge in [-0.05, 0) is 26.2 Å². The summed E-state index contributed by atoms with van der Waals surface area (Å²) in [4.78, 5) is 0. The Balaban J connectivity index is 1.51. The highest BCUT2D eigenvalue weighted by atomic mass is 19.4. The lowest BCUT2D eigenvalue weighted by Crippen LogP contribution is -2.76. The molecule has 3 aliphatic rings. The number of hydrogen-bond donors (Lipinski definition) is 1. The summed E-state index contributed by atoms with van der Waals surface area (Å²) in [7, 11) is 0. The summed E-state index contributed by atoms with van der Waals surface area (Å²) in [5.74, 6) is 0.443. The van der Waals surface area contributed by atoms with Crippen LogP contribution in [0.3, 0.4) is 0 Å². The summed E-state index contributed by atoms with van der Waals surface area (Å²) >= 11 is 0. The maximum absolute atomic E-state index is 12.0. The van der Waals surface area contributed by atoms with Crippen LogP contribution in [0.25, 0.3) is 0 Å². The van der Waals surface area contributed by atoms with E-state index in [1.54, 1.807) is 6.20 Å². The third-order valence-electron chi connectivity index (χ3n) is 3.91. The lowest BCUT2D eigenvalue weighted by Gasteiger charge is -2.68. The first-order valence-electron chi connectivity index (χ1n) is 6.41. The van der Waals surface area contributed by atoms with E-state index in [1.807, 2.05) is 4.68 Å².